The van der Waals surface area contributed by atoms with E-state index in [1.807, 2.05) is 0 Å². The third-order valence-electron chi connectivity index (χ3n) is 2.68. The average molecular weight is 331 g/mol. The number of halogens is 10. The third kappa shape index (κ3) is 1.41. The van der Waals surface area contributed by atoms with Crippen LogP contribution in [0, 0.1) is 23.3 Å². The average Bonchev–Trinajstić information content (AvgIpc) is 2.39. The van der Waals surface area contributed by atoms with Gasteiger partial charge >= 0.3 is 11.8 Å². The van der Waals surface area contributed by atoms with E-state index >= 15 is 0 Å². The van der Waals surface area contributed by atoms with Crippen molar-refractivity contribution in [3.63, 3.8) is 0 Å². The van der Waals surface area contributed by atoms with E-state index in [9.17, 15) is 35.1 Å². The van der Waals surface area contributed by atoms with Crippen molar-refractivity contribution in [2.45, 2.75) is 16.2 Å². The molecular weight excluding hydrogens is 331 g/mol. The van der Waals surface area contributed by atoms with Crippen LogP contribution in [0.3, 0.4) is 0 Å². The molecule has 0 atom stereocenters. The van der Waals surface area contributed by atoms with Gasteiger partial charge in [0.1, 0.15) is 0 Å². The molecule has 0 unspecified atom stereocenters. The van der Waals surface area contributed by atoms with Gasteiger partial charge in [0, 0.05) is 5.56 Å². The van der Waals surface area contributed by atoms with Crippen molar-refractivity contribution in [3.8, 4) is 0 Å². The molecule has 1 aromatic rings. The van der Waals surface area contributed by atoms with E-state index in [1.54, 1.807) is 0 Å². The third-order valence-corrected chi connectivity index (χ3v) is 3.54. The number of hydrogen-bond donors (Lipinski definition) is 0. The fourth-order valence-corrected chi connectivity index (χ4v) is 2.32. The molecule has 0 aliphatic heterocycles. The molecule has 0 nitrogen and oxygen atoms in total. The highest BCUT2D eigenvalue weighted by Crippen LogP contribution is 2.66. The summed E-state index contributed by atoms with van der Waals surface area (Å²) in [5, 5.41) is 0. The van der Waals surface area contributed by atoms with Crippen molar-refractivity contribution in [1.29, 1.82) is 0 Å². The first-order valence-electron chi connectivity index (χ1n) is 4.39. The minimum absolute atomic E-state index is 2.01. The second-order valence-electron chi connectivity index (χ2n) is 3.73. The van der Waals surface area contributed by atoms with Crippen LogP contribution in [0.1, 0.15) is 11.1 Å². The maximum absolute atomic E-state index is 13.3. The van der Waals surface area contributed by atoms with Gasteiger partial charge in [0.2, 0.25) is 4.33 Å². The van der Waals surface area contributed by atoms with Gasteiger partial charge < -0.3 is 0 Å². The molecule has 1 aromatic carbocycles. The molecule has 0 aromatic heterocycles. The van der Waals surface area contributed by atoms with Gasteiger partial charge in [-0.2, -0.15) is 17.6 Å². The summed E-state index contributed by atoms with van der Waals surface area (Å²) >= 11 is 9.83. The Morgan fingerprint density at radius 1 is 0.632 bits per heavy atom. The molecule has 0 saturated carbocycles. The van der Waals surface area contributed by atoms with Crippen LogP contribution in [0.4, 0.5) is 35.1 Å². The highest BCUT2D eigenvalue weighted by molar-refractivity contribution is 6.49. The van der Waals surface area contributed by atoms with Gasteiger partial charge in [0.05, 0.1) is 5.56 Å². The quantitative estimate of drug-likeness (QED) is 0.282. The molecule has 1 aliphatic rings. The molecule has 0 N–H and O–H groups in total. The summed E-state index contributed by atoms with van der Waals surface area (Å²) in [6, 6.07) is 0. The Bertz CT molecular complexity index is 531. The fraction of sp³-hybridized carbons (Fsp3) is 0.333. The van der Waals surface area contributed by atoms with E-state index in [-0.39, 0.29) is 0 Å². The summed E-state index contributed by atoms with van der Waals surface area (Å²) in [5.41, 5.74) is -4.40. The van der Waals surface area contributed by atoms with E-state index in [0.717, 1.165) is 0 Å². The Balaban J connectivity index is 3.02. The van der Waals surface area contributed by atoms with Gasteiger partial charge in [0.15, 0.2) is 23.3 Å². The Morgan fingerprint density at radius 2 is 1.00 bits per heavy atom. The van der Waals surface area contributed by atoms with Crippen LogP contribution in [0.2, 0.25) is 0 Å². The van der Waals surface area contributed by atoms with E-state index in [1.165, 1.54) is 0 Å². The predicted octanol–water partition coefficient (Wildman–Crippen LogP) is 4.61. The van der Waals surface area contributed by atoms with Crippen molar-refractivity contribution in [1.82, 2.24) is 0 Å². The lowest BCUT2D eigenvalue weighted by atomic mass is 10.1. The van der Waals surface area contributed by atoms with Crippen molar-refractivity contribution in [2.24, 2.45) is 0 Å². The first kappa shape index (κ1) is 14.6. The summed E-state index contributed by atoms with van der Waals surface area (Å²) < 4.78 is 102. The number of fused-ring (bicyclic) bond motifs is 1. The first-order valence-corrected chi connectivity index (χ1v) is 5.15. The summed E-state index contributed by atoms with van der Waals surface area (Å²) in [6.07, 6.45) is 0. The fourth-order valence-electron chi connectivity index (χ4n) is 1.73. The Morgan fingerprint density at radius 3 is 1.42 bits per heavy atom. The zero-order valence-corrected chi connectivity index (χ0v) is 9.79. The maximum atomic E-state index is 13.3. The molecule has 0 heterocycles. The molecule has 0 bridgehead atoms. The standard InChI is InChI=1S/C9Cl2F8/c10-7(11)1-2(8(16,17)9(7,18)19)4(13)6(15)5(14)3(1)12. The maximum Gasteiger partial charge on any atom is 0.351 e. The minimum atomic E-state index is -5.40. The zero-order chi connectivity index (χ0) is 15.0. The number of alkyl halides is 6. The monoisotopic (exact) mass is 330 g/mol. The molecule has 10 heteroatoms. The second kappa shape index (κ2) is 3.66. The van der Waals surface area contributed by atoms with Crippen LogP contribution in [-0.2, 0) is 10.3 Å². The zero-order valence-electron chi connectivity index (χ0n) is 8.28. The Hall–Kier alpha value is -0.760. The van der Waals surface area contributed by atoms with E-state index in [0.29, 0.717) is 0 Å². The molecule has 0 spiro atoms. The minimum Gasteiger partial charge on any atom is -0.203 e. The van der Waals surface area contributed by atoms with Crippen LogP contribution in [-0.4, -0.2) is 5.92 Å². The summed E-state index contributed by atoms with van der Waals surface area (Å²) in [7, 11) is 0. The SMILES string of the molecule is Fc1c(F)c(F)c2c(c1F)C(F)(F)C(F)(F)C2(Cl)Cl. The number of benzene rings is 1. The van der Waals surface area contributed by atoms with Crippen LogP contribution in [0.25, 0.3) is 0 Å². The number of hydrogen-bond acceptors (Lipinski definition) is 0. The predicted molar refractivity (Wildman–Crippen MR) is 48.5 cm³/mol. The van der Waals surface area contributed by atoms with Crippen molar-refractivity contribution in [2.75, 3.05) is 0 Å². The van der Waals surface area contributed by atoms with E-state index in [4.69, 9.17) is 23.2 Å². The van der Waals surface area contributed by atoms with Gasteiger partial charge in [-0.25, -0.2) is 17.6 Å². The highest BCUT2D eigenvalue weighted by atomic mass is 35.5. The largest absolute Gasteiger partial charge is 0.351 e. The molecule has 19 heavy (non-hydrogen) atoms. The Kier molecular flexibility index (Phi) is 2.82. The summed E-state index contributed by atoms with van der Waals surface area (Å²) in [5.74, 6) is -21.1. The molecule has 0 fully saturated rings. The highest BCUT2D eigenvalue weighted by Gasteiger charge is 2.78. The molecule has 0 saturated heterocycles. The van der Waals surface area contributed by atoms with Crippen LogP contribution in [0.5, 0.6) is 0 Å². The van der Waals surface area contributed by atoms with E-state index < -0.39 is 50.6 Å². The van der Waals surface area contributed by atoms with Crippen molar-refractivity contribution < 1.29 is 35.1 Å². The van der Waals surface area contributed by atoms with Gasteiger partial charge in [-0.05, 0) is 0 Å². The first-order chi connectivity index (χ1) is 8.39. The van der Waals surface area contributed by atoms with Gasteiger partial charge in [-0.1, -0.05) is 23.2 Å². The lowest BCUT2D eigenvalue weighted by Gasteiger charge is -2.26. The van der Waals surface area contributed by atoms with E-state index in [2.05, 4.69) is 0 Å². The summed E-state index contributed by atoms with van der Waals surface area (Å²) in [4.78, 5) is 0. The van der Waals surface area contributed by atoms with Crippen LogP contribution in [0.15, 0.2) is 0 Å². The van der Waals surface area contributed by atoms with Gasteiger partial charge in [-0.3, -0.25) is 0 Å². The van der Waals surface area contributed by atoms with Crippen molar-refractivity contribution in [3.05, 3.63) is 34.4 Å². The van der Waals surface area contributed by atoms with Crippen LogP contribution < -0.4 is 0 Å². The number of rotatable bonds is 0. The summed E-state index contributed by atoms with van der Waals surface area (Å²) in [6.45, 7) is 0. The molecule has 0 radical (unpaired) electrons. The smallest absolute Gasteiger partial charge is 0.203 e. The molecule has 2 rings (SSSR count). The Labute approximate surface area is 109 Å². The van der Waals surface area contributed by atoms with Gasteiger partial charge in [0.25, 0.3) is 0 Å². The van der Waals surface area contributed by atoms with Gasteiger partial charge in [-0.15, -0.1) is 0 Å². The normalized spacial score (nSPS) is 22.4. The van der Waals surface area contributed by atoms with Crippen molar-refractivity contribution >= 4 is 23.2 Å². The second-order valence-corrected chi connectivity index (χ2v) is 5.06. The topological polar surface area (TPSA) is 0 Å². The van der Waals surface area contributed by atoms with Crippen LogP contribution >= 0.6 is 23.2 Å². The molecule has 1 aliphatic carbocycles. The molecule has 106 valence electrons. The molecule has 0 amide bonds. The molecular formula is C9Cl2F8. The lowest BCUT2D eigenvalue weighted by molar-refractivity contribution is -0.212. The lowest BCUT2D eigenvalue weighted by Crippen LogP contribution is -2.42.